The molecule has 1 rings (SSSR count). The van der Waals surface area contributed by atoms with Crippen molar-refractivity contribution in [1.29, 1.82) is 0 Å². The molecule has 0 aromatic heterocycles. The minimum Gasteiger partial charge on any atom is -0.496 e. The topological polar surface area (TPSA) is 44.5 Å². The van der Waals surface area contributed by atoms with Gasteiger partial charge in [-0.25, -0.2) is 0 Å². The molecule has 0 aliphatic rings. The smallest absolute Gasteiger partial charge is 0.122 e. The lowest BCUT2D eigenvalue weighted by Crippen LogP contribution is -2.37. The van der Waals surface area contributed by atoms with E-state index < -0.39 is 0 Å². The highest BCUT2D eigenvalue weighted by Crippen LogP contribution is 2.22. The Morgan fingerprint density at radius 3 is 2.53 bits per heavy atom. The van der Waals surface area contributed by atoms with Gasteiger partial charge in [-0.1, -0.05) is 24.6 Å². The molecule has 0 amide bonds. The third kappa shape index (κ3) is 3.72. The first-order valence-corrected chi connectivity index (χ1v) is 6.04. The van der Waals surface area contributed by atoms with Crippen LogP contribution in [-0.2, 0) is 11.2 Å². The number of methoxy groups -OCH3 is 2. The van der Waals surface area contributed by atoms with Gasteiger partial charge in [-0.05, 0) is 31.4 Å². The fourth-order valence-electron chi connectivity index (χ4n) is 2.10. The standard InChI is InChI=1S/C14H23NO2/c1-5-13(16-3)12(15)9-11-8-10(2)6-7-14(11)17-4/h6-8,12-13H,5,9,15H2,1-4H3. The number of hydrogen-bond acceptors (Lipinski definition) is 3. The minimum atomic E-state index is 0.000648. The van der Waals surface area contributed by atoms with Crippen LogP contribution in [0, 0.1) is 6.92 Å². The van der Waals surface area contributed by atoms with Crippen LogP contribution < -0.4 is 10.5 Å². The zero-order chi connectivity index (χ0) is 12.8. The second kappa shape index (κ2) is 6.62. The largest absolute Gasteiger partial charge is 0.496 e. The maximum Gasteiger partial charge on any atom is 0.122 e. The minimum absolute atomic E-state index is 0.000648. The molecule has 0 fully saturated rings. The van der Waals surface area contributed by atoms with Gasteiger partial charge in [-0.2, -0.15) is 0 Å². The average Bonchev–Trinajstić information content (AvgIpc) is 2.31. The molecule has 0 aliphatic carbocycles. The van der Waals surface area contributed by atoms with Gasteiger partial charge in [0.05, 0.1) is 13.2 Å². The first kappa shape index (κ1) is 14.0. The molecule has 0 saturated heterocycles. The van der Waals surface area contributed by atoms with Crippen LogP contribution in [0.4, 0.5) is 0 Å². The van der Waals surface area contributed by atoms with Crippen molar-refractivity contribution in [1.82, 2.24) is 0 Å². The third-order valence-corrected chi connectivity index (χ3v) is 3.07. The molecule has 2 unspecified atom stereocenters. The summed E-state index contributed by atoms with van der Waals surface area (Å²) in [6, 6.07) is 6.16. The number of nitrogens with two attached hydrogens (primary N) is 1. The number of benzene rings is 1. The van der Waals surface area contributed by atoms with Crippen LogP contribution in [0.1, 0.15) is 24.5 Å². The van der Waals surface area contributed by atoms with Crippen LogP contribution in [-0.4, -0.2) is 26.4 Å². The Balaban J connectivity index is 2.82. The summed E-state index contributed by atoms with van der Waals surface area (Å²) in [6.45, 7) is 4.16. The first-order valence-electron chi connectivity index (χ1n) is 6.04. The molecule has 0 spiro atoms. The van der Waals surface area contributed by atoms with Gasteiger partial charge in [0.25, 0.3) is 0 Å². The summed E-state index contributed by atoms with van der Waals surface area (Å²) < 4.78 is 10.7. The van der Waals surface area contributed by atoms with E-state index in [2.05, 4.69) is 19.9 Å². The molecule has 0 aliphatic heterocycles. The van der Waals surface area contributed by atoms with Gasteiger partial charge in [0.2, 0.25) is 0 Å². The van der Waals surface area contributed by atoms with E-state index in [-0.39, 0.29) is 12.1 Å². The van der Waals surface area contributed by atoms with E-state index in [1.165, 1.54) is 5.56 Å². The van der Waals surface area contributed by atoms with Crippen molar-refractivity contribution in [2.45, 2.75) is 38.8 Å². The van der Waals surface area contributed by atoms with Crippen molar-refractivity contribution in [2.75, 3.05) is 14.2 Å². The van der Waals surface area contributed by atoms with Crippen molar-refractivity contribution < 1.29 is 9.47 Å². The summed E-state index contributed by atoms with van der Waals surface area (Å²) in [6.07, 6.45) is 1.79. The van der Waals surface area contributed by atoms with Crippen molar-refractivity contribution >= 4 is 0 Å². The van der Waals surface area contributed by atoms with Crippen molar-refractivity contribution in [3.05, 3.63) is 29.3 Å². The summed E-state index contributed by atoms with van der Waals surface area (Å²) in [4.78, 5) is 0. The molecule has 96 valence electrons. The van der Waals surface area contributed by atoms with E-state index in [0.717, 1.165) is 24.2 Å². The van der Waals surface area contributed by atoms with Crippen LogP contribution in [0.15, 0.2) is 18.2 Å². The second-order valence-corrected chi connectivity index (χ2v) is 4.37. The van der Waals surface area contributed by atoms with Gasteiger partial charge in [-0.3, -0.25) is 0 Å². The molecule has 2 N–H and O–H groups in total. The van der Waals surface area contributed by atoms with Gasteiger partial charge in [0, 0.05) is 13.2 Å². The van der Waals surface area contributed by atoms with Gasteiger partial charge in [0.15, 0.2) is 0 Å². The number of ether oxygens (including phenoxy) is 2. The summed E-state index contributed by atoms with van der Waals surface area (Å²) in [7, 11) is 3.40. The maximum atomic E-state index is 6.16. The van der Waals surface area contributed by atoms with Gasteiger partial charge in [-0.15, -0.1) is 0 Å². The fraction of sp³-hybridized carbons (Fsp3) is 0.571. The summed E-state index contributed by atoms with van der Waals surface area (Å²) in [5, 5.41) is 0. The lowest BCUT2D eigenvalue weighted by molar-refractivity contribution is 0.0771. The van der Waals surface area contributed by atoms with Gasteiger partial charge < -0.3 is 15.2 Å². The van der Waals surface area contributed by atoms with Gasteiger partial charge >= 0.3 is 0 Å². The van der Waals surface area contributed by atoms with Crippen molar-refractivity contribution in [3.8, 4) is 5.75 Å². The van der Waals surface area contributed by atoms with E-state index in [1.807, 2.05) is 12.1 Å². The molecular formula is C14H23NO2. The van der Waals surface area contributed by atoms with Crippen LogP contribution in [0.2, 0.25) is 0 Å². The summed E-state index contributed by atoms with van der Waals surface area (Å²) in [5.41, 5.74) is 8.53. The summed E-state index contributed by atoms with van der Waals surface area (Å²) >= 11 is 0. The predicted octanol–water partition coefficient (Wildman–Crippen LogP) is 2.30. The van der Waals surface area contributed by atoms with Crippen molar-refractivity contribution in [3.63, 3.8) is 0 Å². The van der Waals surface area contributed by atoms with Gasteiger partial charge in [0.1, 0.15) is 5.75 Å². The molecule has 3 nitrogen and oxygen atoms in total. The molecule has 2 atom stereocenters. The predicted molar refractivity (Wildman–Crippen MR) is 70.5 cm³/mol. The molecule has 3 heteroatoms. The van der Waals surface area contributed by atoms with E-state index in [9.17, 15) is 0 Å². The molecule has 17 heavy (non-hydrogen) atoms. The normalized spacial score (nSPS) is 14.4. The Hall–Kier alpha value is -1.06. The van der Waals surface area contributed by atoms with Crippen LogP contribution in [0.25, 0.3) is 0 Å². The molecule has 0 heterocycles. The number of rotatable bonds is 6. The number of aryl methyl sites for hydroxylation is 1. The van der Waals surface area contributed by atoms with E-state index in [0.29, 0.717) is 0 Å². The SMILES string of the molecule is CCC(OC)C(N)Cc1cc(C)ccc1OC. The van der Waals surface area contributed by atoms with Crippen LogP contribution >= 0.6 is 0 Å². The molecule has 0 radical (unpaired) electrons. The Labute approximate surface area is 104 Å². The third-order valence-electron chi connectivity index (χ3n) is 3.07. The zero-order valence-corrected chi connectivity index (χ0v) is 11.2. The zero-order valence-electron chi connectivity index (χ0n) is 11.2. The Bertz CT molecular complexity index is 348. The highest BCUT2D eigenvalue weighted by molar-refractivity contribution is 5.37. The number of hydrogen-bond donors (Lipinski definition) is 1. The van der Waals surface area contributed by atoms with Crippen LogP contribution in [0.3, 0.4) is 0 Å². The Kier molecular flexibility index (Phi) is 5.45. The fourth-order valence-corrected chi connectivity index (χ4v) is 2.10. The average molecular weight is 237 g/mol. The van der Waals surface area contributed by atoms with Crippen molar-refractivity contribution in [2.24, 2.45) is 5.73 Å². The maximum absolute atomic E-state index is 6.16. The lowest BCUT2D eigenvalue weighted by atomic mass is 9.98. The van der Waals surface area contributed by atoms with Crippen LogP contribution in [0.5, 0.6) is 5.75 Å². The first-order chi connectivity index (χ1) is 8.12. The Morgan fingerprint density at radius 1 is 1.29 bits per heavy atom. The highest BCUT2D eigenvalue weighted by Gasteiger charge is 2.17. The van der Waals surface area contributed by atoms with E-state index >= 15 is 0 Å². The molecule has 0 bridgehead atoms. The lowest BCUT2D eigenvalue weighted by Gasteiger charge is -2.22. The highest BCUT2D eigenvalue weighted by atomic mass is 16.5. The monoisotopic (exact) mass is 237 g/mol. The summed E-state index contributed by atoms with van der Waals surface area (Å²) in [5.74, 6) is 0.900. The van der Waals surface area contributed by atoms with E-state index in [1.54, 1.807) is 14.2 Å². The molecular weight excluding hydrogens is 214 g/mol. The second-order valence-electron chi connectivity index (χ2n) is 4.37. The molecule has 1 aromatic rings. The quantitative estimate of drug-likeness (QED) is 0.825. The van der Waals surface area contributed by atoms with E-state index in [4.69, 9.17) is 15.2 Å². The Morgan fingerprint density at radius 2 is 2.00 bits per heavy atom. The molecule has 1 aromatic carbocycles. The molecule has 0 saturated carbocycles.